The fourth-order valence-corrected chi connectivity index (χ4v) is 3.66. The molecule has 0 N–H and O–H groups in total. The van der Waals surface area contributed by atoms with Gasteiger partial charge in [0.1, 0.15) is 11.5 Å². The minimum Gasteiger partial charge on any atom is -0.341 e. The summed E-state index contributed by atoms with van der Waals surface area (Å²) in [7, 11) is 0. The third kappa shape index (κ3) is 2.96. The van der Waals surface area contributed by atoms with Gasteiger partial charge >= 0.3 is 5.69 Å². The van der Waals surface area contributed by atoms with Crippen LogP contribution >= 0.6 is 11.3 Å². The van der Waals surface area contributed by atoms with Crippen LogP contribution in [0.3, 0.4) is 0 Å². The summed E-state index contributed by atoms with van der Waals surface area (Å²) in [6.07, 6.45) is 1.14. The highest BCUT2D eigenvalue weighted by Gasteiger charge is 2.26. The molecule has 7 nitrogen and oxygen atoms in total. The monoisotopic (exact) mass is 321 g/mol. The van der Waals surface area contributed by atoms with Crippen LogP contribution in [0.5, 0.6) is 0 Å². The van der Waals surface area contributed by atoms with Gasteiger partial charge in [0.05, 0.1) is 0 Å². The lowest BCUT2D eigenvalue weighted by Crippen LogP contribution is -2.45. The highest BCUT2D eigenvalue weighted by atomic mass is 32.1. The second kappa shape index (κ2) is 6.04. The quantitative estimate of drug-likeness (QED) is 0.845. The molecule has 0 bridgehead atoms. The topological polar surface area (TPSA) is 73.0 Å². The molecule has 0 spiro atoms. The van der Waals surface area contributed by atoms with Gasteiger partial charge in [0, 0.05) is 13.1 Å². The lowest BCUT2D eigenvalue weighted by molar-refractivity contribution is -0.134. The number of nitrogens with zero attached hydrogens (tertiary/aromatic N) is 5. The summed E-state index contributed by atoms with van der Waals surface area (Å²) in [5, 5.41) is 10.2. The summed E-state index contributed by atoms with van der Waals surface area (Å²) in [4.78, 5) is 26.5. The average Bonchev–Trinajstić information content (AvgIpc) is 3.08. The number of amides is 1. The molecule has 1 fully saturated rings. The number of thiophene rings is 1. The molecular weight excluding hydrogens is 302 g/mol. The van der Waals surface area contributed by atoms with E-state index in [4.69, 9.17) is 0 Å². The van der Waals surface area contributed by atoms with E-state index in [-0.39, 0.29) is 18.1 Å². The van der Waals surface area contributed by atoms with Gasteiger partial charge in [-0.25, -0.2) is 4.79 Å². The maximum atomic E-state index is 12.4. The van der Waals surface area contributed by atoms with E-state index in [2.05, 4.69) is 24.3 Å². The predicted octanol–water partition coefficient (Wildman–Crippen LogP) is 0.995. The van der Waals surface area contributed by atoms with Crippen LogP contribution in [0.25, 0.3) is 5.00 Å². The number of piperidine rings is 1. The van der Waals surface area contributed by atoms with E-state index in [0.717, 1.165) is 24.2 Å². The molecule has 0 saturated carbocycles. The van der Waals surface area contributed by atoms with Gasteiger partial charge in [-0.1, -0.05) is 13.8 Å². The number of hydrogen-bond donors (Lipinski definition) is 0. The van der Waals surface area contributed by atoms with Crippen molar-refractivity contribution in [1.82, 2.24) is 24.7 Å². The van der Waals surface area contributed by atoms with Gasteiger partial charge in [0.25, 0.3) is 0 Å². The van der Waals surface area contributed by atoms with E-state index in [1.165, 1.54) is 16.0 Å². The number of carbonyl (C=O) groups excluding carboxylic acids is 1. The van der Waals surface area contributed by atoms with Gasteiger partial charge in [-0.3, -0.25) is 4.79 Å². The predicted molar refractivity (Wildman–Crippen MR) is 83.0 cm³/mol. The molecular formula is C14H19N5O2S. The Morgan fingerprint density at radius 2 is 2.05 bits per heavy atom. The molecule has 2 atom stereocenters. The van der Waals surface area contributed by atoms with E-state index < -0.39 is 0 Å². The smallest absolute Gasteiger partial charge is 0.341 e. The number of hydrogen-bond acceptors (Lipinski definition) is 5. The third-order valence-corrected chi connectivity index (χ3v) is 4.70. The summed E-state index contributed by atoms with van der Waals surface area (Å²) in [5.74, 6) is 0.913. The van der Waals surface area contributed by atoms with Crippen molar-refractivity contribution in [3.05, 3.63) is 28.0 Å². The highest BCUT2D eigenvalue weighted by molar-refractivity contribution is 7.12. The van der Waals surface area contributed by atoms with Gasteiger partial charge in [0.2, 0.25) is 5.91 Å². The number of tetrazole rings is 1. The van der Waals surface area contributed by atoms with E-state index in [9.17, 15) is 9.59 Å². The molecule has 2 aromatic heterocycles. The van der Waals surface area contributed by atoms with E-state index in [0.29, 0.717) is 16.8 Å². The van der Waals surface area contributed by atoms with Crippen molar-refractivity contribution in [2.75, 3.05) is 13.1 Å². The molecule has 8 heteroatoms. The maximum absolute atomic E-state index is 12.4. The zero-order valence-corrected chi connectivity index (χ0v) is 13.5. The number of rotatable bonds is 3. The van der Waals surface area contributed by atoms with Gasteiger partial charge in [0.15, 0.2) is 0 Å². The van der Waals surface area contributed by atoms with Crippen LogP contribution in [0.15, 0.2) is 22.3 Å². The Bertz CT molecular complexity index is 695. The first kappa shape index (κ1) is 15.0. The maximum Gasteiger partial charge on any atom is 0.369 e. The first-order valence-corrected chi connectivity index (χ1v) is 8.27. The zero-order valence-electron chi connectivity index (χ0n) is 12.7. The molecule has 0 unspecified atom stereocenters. The van der Waals surface area contributed by atoms with Crippen molar-refractivity contribution in [1.29, 1.82) is 0 Å². The molecule has 1 aliphatic rings. The largest absolute Gasteiger partial charge is 0.369 e. The van der Waals surface area contributed by atoms with Gasteiger partial charge in [-0.2, -0.15) is 9.36 Å². The molecule has 3 heterocycles. The van der Waals surface area contributed by atoms with Gasteiger partial charge in [-0.15, -0.1) is 11.3 Å². The van der Waals surface area contributed by atoms with Crippen molar-refractivity contribution < 1.29 is 4.79 Å². The minimum absolute atomic E-state index is 0.0519. The third-order valence-electron chi connectivity index (χ3n) is 3.86. The normalized spacial score (nSPS) is 22.0. The molecule has 1 aliphatic heterocycles. The van der Waals surface area contributed by atoms with Crippen molar-refractivity contribution in [3.63, 3.8) is 0 Å². The van der Waals surface area contributed by atoms with Crippen LogP contribution in [0.2, 0.25) is 0 Å². The average molecular weight is 321 g/mol. The van der Waals surface area contributed by atoms with E-state index in [1.807, 2.05) is 16.3 Å². The van der Waals surface area contributed by atoms with Crippen LogP contribution in [0.4, 0.5) is 0 Å². The lowest BCUT2D eigenvalue weighted by atomic mass is 9.92. The Hall–Kier alpha value is -1.96. The highest BCUT2D eigenvalue weighted by Crippen LogP contribution is 2.21. The molecule has 1 saturated heterocycles. The van der Waals surface area contributed by atoms with Crippen molar-refractivity contribution >= 4 is 17.2 Å². The lowest BCUT2D eigenvalue weighted by Gasteiger charge is -2.34. The van der Waals surface area contributed by atoms with E-state index in [1.54, 1.807) is 6.07 Å². The van der Waals surface area contributed by atoms with Gasteiger partial charge in [-0.05, 0) is 46.2 Å². The van der Waals surface area contributed by atoms with E-state index >= 15 is 0 Å². The zero-order chi connectivity index (χ0) is 15.7. The van der Waals surface area contributed by atoms with Crippen molar-refractivity contribution in [2.24, 2.45) is 11.8 Å². The van der Waals surface area contributed by atoms with Crippen LogP contribution in [0.1, 0.15) is 20.3 Å². The van der Waals surface area contributed by atoms with Crippen molar-refractivity contribution in [2.45, 2.75) is 26.8 Å². The Labute approximate surface area is 132 Å². The first-order valence-electron chi connectivity index (χ1n) is 7.39. The SMILES string of the molecule is C[C@H]1C[C@H](C)CN(C(=O)Cn2nnn(-c3cccs3)c2=O)C1. The molecule has 22 heavy (non-hydrogen) atoms. The molecule has 118 valence electrons. The Morgan fingerprint density at radius 1 is 1.32 bits per heavy atom. The second-order valence-electron chi connectivity index (χ2n) is 6.03. The summed E-state index contributed by atoms with van der Waals surface area (Å²) in [6, 6.07) is 3.63. The summed E-state index contributed by atoms with van der Waals surface area (Å²) in [6.45, 7) is 5.74. The van der Waals surface area contributed by atoms with Crippen LogP contribution in [-0.2, 0) is 11.3 Å². The summed E-state index contributed by atoms with van der Waals surface area (Å²) >= 11 is 1.40. The molecule has 0 aliphatic carbocycles. The fourth-order valence-electron chi connectivity index (χ4n) is 3.00. The number of likely N-dealkylation sites (tertiary alicyclic amines) is 1. The second-order valence-corrected chi connectivity index (χ2v) is 6.95. The summed E-state index contributed by atoms with van der Waals surface area (Å²) < 4.78 is 2.35. The minimum atomic E-state index is -0.381. The Balaban J connectivity index is 1.74. The van der Waals surface area contributed by atoms with Crippen LogP contribution < -0.4 is 5.69 Å². The standard InChI is InChI=1S/C14H19N5O2S/c1-10-6-11(2)8-17(7-10)12(20)9-18-14(21)19(16-15-18)13-4-3-5-22-13/h3-5,10-11H,6-9H2,1-2H3/t10-,11-/m0/s1. The Morgan fingerprint density at radius 3 is 2.68 bits per heavy atom. The fraction of sp³-hybridized carbons (Fsp3) is 0.571. The van der Waals surface area contributed by atoms with Gasteiger partial charge < -0.3 is 4.90 Å². The molecule has 3 rings (SSSR count). The summed E-state index contributed by atoms with van der Waals surface area (Å²) in [5.41, 5.74) is -0.381. The number of aromatic nitrogens is 4. The molecule has 0 aromatic carbocycles. The molecule has 2 aromatic rings. The molecule has 1 amide bonds. The first-order chi connectivity index (χ1) is 10.5. The Kier molecular flexibility index (Phi) is 4.10. The number of carbonyl (C=O) groups is 1. The molecule has 0 radical (unpaired) electrons. The van der Waals surface area contributed by atoms with Crippen molar-refractivity contribution in [3.8, 4) is 5.00 Å². The van der Waals surface area contributed by atoms with Crippen LogP contribution in [0, 0.1) is 11.8 Å². The van der Waals surface area contributed by atoms with Crippen LogP contribution in [-0.4, -0.2) is 43.7 Å².